The van der Waals surface area contributed by atoms with Gasteiger partial charge in [0.1, 0.15) is 6.54 Å². The van der Waals surface area contributed by atoms with E-state index in [1.165, 1.54) is 12.1 Å². The molecule has 2 aromatic rings. The van der Waals surface area contributed by atoms with Crippen molar-refractivity contribution >= 4 is 23.2 Å². The molecule has 1 saturated carbocycles. The zero-order chi connectivity index (χ0) is 21.0. The van der Waals surface area contributed by atoms with Crippen molar-refractivity contribution in [2.75, 3.05) is 6.54 Å². The van der Waals surface area contributed by atoms with E-state index >= 15 is 0 Å². The van der Waals surface area contributed by atoms with Crippen LogP contribution in [0.5, 0.6) is 0 Å². The third kappa shape index (κ3) is 5.00. The number of hydrogen-bond donors (Lipinski definition) is 1. The fourth-order valence-electron chi connectivity index (χ4n) is 3.25. The largest absolute Gasteiger partial charge is 0.437 e. The predicted molar refractivity (Wildman–Crippen MR) is 102 cm³/mol. The lowest BCUT2D eigenvalue weighted by molar-refractivity contribution is -0.384. The molecule has 1 aliphatic rings. The van der Waals surface area contributed by atoms with Gasteiger partial charge in [-0.05, 0) is 37.7 Å². The molecule has 1 aliphatic carbocycles. The number of nitro benzene ring substituents is 1. The number of halogens is 1. The first-order valence-electron chi connectivity index (χ1n) is 9.06. The predicted octanol–water partition coefficient (Wildman–Crippen LogP) is 2.51. The highest BCUT2D eigenvalue weighted by atomic mass is 35.5. The molecule has 0 atom stereocenters. The topological polar surface area (TPSA) is 144 Å². The molecule has 11 heteroatoms. The summed E-state index contributed by atoms with van der Waals surface area (Å²) in [7, 11) is 0. The molecular weight excluding hydrogens is 402 g/mol. The lowest BCUT2D eigenvalue weighted by atomic mass is 9.83. The van der Waals surface area contributed by atoms with Gasteiger partial charge in [0.25, 0.3) is 11.6 Å². The maximum atomic E-state index is 12.2. The summed E-state index contributed by atoms with van der Waals surface area (Å²) >= 11 is 6.02. The Kier molecular flexibility index (Phi) is 6.29. The average Bonchev–Trinajstić information content (AvgIpc) is 3.06. The Morgan fingerprint density at radius 3 is 2.76 bits per heavy atom. The van der Waals surface area contributed by atoms with Crippen molar-refractivity contribution in [1.29, 1.82) is 5.26 Å². The van der Waals surface area contributed by atoms with Gasteiger partial charge < -0.3 is 9.73 Å². The van der Waals surface area contributed by atoms with E-state index in [0.29, 0.717) is 12.5 Å². The average molecular weight is 420 g/mol. The molecule has 0 spiro atoms. The van der Waals surface area contributed by atoms with Crippen molar-refractivity contribution in [3.05, 3.63) is 43.9 Å². The molecule has 0 bridgehead atoms. The van der Waals surface area contributed by atoms with Gasteiger partial charge >= 0.3 is 5.76 Å². The van der Waals surface area contributed by atoms with Gasteiger partial charge in [-0.3, -0.25) is 14.9 Å². The van der Waals surface area contributed by atoms with Crippen LogP contribution in [0.25, 0.3) is 11.5 Å². The quantitative estimate of drug-likeness (QED) is 0.559. The highest BCUT2D eigenvalue weighted by Crippen LogP contribution is 2.29. The Hall–Kier alpha value is -3.19. The molecule has 1 heterocycles. The minimum absolute atomic E-state index is 0.00465. The molecule has 152 valence electrons. The van der Waals surface area contributed by atoms with Crippen LogP contribution in [0, 0.1) is 33.3 Å². The third-order valence-corrected chi connectivity index (χ3v) is 5.22. The number of nitrogens with one attached hydrogen (secondary N) is 1. The number of nitrogens with zero attached hydrogens (tertiary/aromatic N) is 4. The lowest BCUT2D eigenvalue weighted by Crippen LogP contribution is -2.35. The first kappa shape index (κ1) is 20.5. The summed E-state index contributed by atoms with van der Waals surface area (Å²) in [6.07, 6.45) is 3.43. The monoisotopic (exact) mass is 419 g/mol. The molecule has 1 aromatic carbocycles. The van der Waals surface area contributed by atoms with Crippen LogP contribution in [0.15, 0.2) is 27.4 Å². The van der Waals surface area contributed by atoms with Crippen molar-refractivity contribution in [1.82, 2.24) is 15.1 Å². The van der Waals surface area contributed by atoms with Crippen molar-refractivity contribution in [3.63, 3.8) is 0 Å². The normalized spacial score (nSPS) is 18.8. The van der Waals surface area contributed by atoms with Crippen molar-refractivity contribution in [3.8, 4) is 17.5 Å². The first-order valence-corrected chi connectivity index (χ1v) is 9.43. The van der Waals surface area contributed by atoms with Gasteiger partial charge in [-0.2, -0.15) is 9.94 Å². The van der Waals surface area contributed by atoms with E-state index in [9.17, 15) is 19.7 Å². The maximum Gasteiger partial charge on any atom is 0.437 e. The molecule has 0 aliphatic heterocycles. The fourth-order valence-corrected chi connectivity index (χ4v) is 3.51. The van der Waals surface area contributed by atoms with E-state index in [2.05, 4.69) is 16.5 Å². The summed E-state index contributed by atoms with van der Waals surface area (Å²) < 4.78 is 5.90. The molecule has 10 nitrogen and oxygen atoms in total. The minimum Gasteiger partial charge on any atom is -0.388 e. The summed E-state index contributed by atoms with van der Waals surface area (Å²) in [6, 6.07) is 5.94. The first-order chi connectivity index (χ1) is 13.9. The lowest BCUT2D eigenvalue weighted by Gasteiger charge is -2.24. The Morgan fingerprint density at radius 1 is 1.41 bits per heavy atom. The van der Waals surface area contributed by atoms with E-state index in [-0.39, 0.29) is 40.5 Å². The van der Waals surface area contributed by atoms with E-state index < -0.39 is 10.7 Å². The Morgan fingerprint density at radius 2 is 2.14 bits per heavy atom. The second-order valence-electron chi connectivity index (χ2n) is 6.90. The number of amides is 1. The van der Waals surface area contributed by atoms with Crippen molar-refractivity contribution < 1.29 is 14.1 Å². The number of nitro groups is 1. The molecular formula is C18H18ClN5O5. The van der Waals surface area contributed by atoms with Gasteiger partial charge in [0, 0.05) is 24.6 Å². The van der Waals surface area contributed by atoms with Crippen LogP contribution in [0.2, 0.25) is 5.02 Å². The molecule has 0 radical (unpaired) electrons. The molecule has 0 unspecified atom stereocenters. The van der Waals surface area contributed by atoms with Gasteiger partial charge in [0.15, 0.2) is 0 Å². The van der Waals surface area contributed by atoms with Gasteiger partial charge in [-0.1, -0.05) is 11.6 Å². The molecule has 0 saturated heterocycles. The van der Waals surface area contributed by atoms with Crippen molar-refractivity contribution in [2.24, 2.45) is 11.8 Å². The number of hydrogen-bond acceptors (Lipinski definition) is 7. The summed E-state index contributed by atoms with van der Waals surface area (Å²) in [5.41, 5.74) is 0.00601. The number of aromatic nitrogens is 2. The van der Waals surface area contributed by atoms with Crippen LogP contribution >= 0.6 is 11.6 Å². The Balaban J connectivity index is 1.61. The number of non-ortho nitro benzene ring substituents is 1. The van der Waals surface area contributed by atoms with E-state index in [4.69, 9.17) is 21.3 Å². The van der Waals surface area contributed by atoms with Crippen LogP contribution in [0.4, 0.5) is 5.69 Å². The highest BCUT2D eigenvalue weighted by Gasteiger charge is 2.22. The number of carbonyl (C=O) groups is 1. The fraction of sp³-hybridized carbons (Fsp3) is 0.444. The summed E-state index contributed by atoms with van der Waals surface area (Å²) in [5, 5.41) is 26.4. The Labute approximate surface area is 170 Å². The van der Waals surface area contributed by atoms with Gasteiger partial charge in [-0.25, -0.2) is 4.79 Å². The number of nitriles is 1. The Bertz CT molecular complexity index is 1020. The van der Waals surface area contributed by atoms with Gasteiger partial charge in [-0.15, -0.1) is 5.10 Å². The zero-order valence-corrected chi connectivity index (χ0v) is 16.1. The number of benzene rings is 1. The van der Waals surface area contributed by atoms with E-state index in [1.54, 1.807) is 0 Å². The van der Waals surface area contributed by atoms with E-state index in [0.717, 1.165) is 36.4 Å². The van der Waals surface area contributed by atoms with Crippen LogP contribution in [-0.4, -0.2) is 27.2 Å². The standard InChI is InChI=1S/C18H18ClN5O5/c19-15-7-13(24(27)28)5-6-14(15)17-22-23(18(26)29-17)10-16(25)21-9-12-3-1-11(8-20)2-4-12/h5-7,11-12H,1-4,9-10H2,(H,21,25). The number of carbonyl (C=O) groups excluding carboxylic acids is 1. The summed E-state index contributed by atoms with van der Waals surface area (Å²) in [5.74, 6) is -0.937. The maximum absolute atomic E-state index is 12.2. The molecule has 1 fully saturated rings. The van der Waals surface area contributed by atoms with Crippen LogP contribution in [0.1, 0.15) is 25.7 Å². The number of rotatable bonds is 6. The SMILES string of the molecule is N#CC1CCC(CNC(=O)Cn2nc(-c3ccc([N+](=O)[O-])cc3Cl)oc2=O)CC1. The second kappa shape index (κ2) is 8.87. The van der Waals surface area contributed by atoms with Gasteiger partial charge in [0.2, 0.25) is 5.91 Å². The zero-order valence-electron chi connectivity index (χ0n) is 15.3. The molecule has 1 N–H and O–H groups in total. The molecule has 1 aromatic heterocycles. The smallest absolute Gasteiger partial charge is 0.388 e. The third-order valence-electron chi connectivity index (χ3n) is 4.91. The highest BCUT2D eigenvalue weighted by molar-refractivity contribution is 6.33. The van der Waals surface area contributed by atoms with Crippen LogP contribution in [0.3, 0.4) is 0 Å². The van der Waals surface area contributed by atoms with Crippen molar-refractivity contribution in [2.45, 2.75) is 32.2 Å². The van der Waals surface area contributed by atoms with Gasteiger partial charge in [0.05, 0.1) is 21.6 Å². The summed E-state index contributed by atoms with van der Waals surface area (Å²) in [6.45, 7) is 0.158. The minimum atomic E-state index is -0.834. The van der Waals surface area contributed by atoms with E-state index in [1.807, 2.05) is 0 Å². The van der Waals surface area contributed by atoms with Crippen LogP contribution in [-0.2, 0) is 11.3 Å². The van der Waals surface area contributed by atoms with Crippen LogP contribution < -0.4 is 11.1 Å². The second-order valence-corrected chi connectivity index (χ2v) is 7.31. The molecule has 29 heavy (non-hydrogen) atoms. The molecule has 3 rings (SSSR count). The molecule has 1 amide bonds. The summed E-state index contributed by atoms with van der Waals surface area (Å²) in [4.78, 5) is 34.3.